The zero-order chi connectivity index (χ0) is 9.45. The molecule has 14 heavy (non-hydrogen) atoms. The van der Waals surface area contributed by atoms with Crippen LogP contribution >= 0.6 is 0 Å². The Labute approximate surface area is 87.5 Å². The van der Waals surface area contributed by atoms with Crippen molar-refractivity contribution in [2.75, 3.05) is 0 Å². The third-order valence-electron chi connectivity index (χ3n) is 6.48. The summed E-state index contributed by atoms with van der Waals surface area (Å²) in [7, 11) is 0. The van der Waals surface area contributed by atoms with Gasteiger partial charge in [0.25, 0.3) is 0 Å². The Hall–Kier alpha value is 0. The van der Waals surface area contributed by atoms with E-state index < -0.39 is 0 Å². The van der Waals surface area contributed by atoms with Crippen molar-refractivity contribution in [3.05, 3.63) is 0 Å². The van der Waals surface area contributed by atoms with E-state index in [1.54, 1.807) is 25.7 Å². The molecule has 0 heteroatoms. The largest absolute Gasteiger partial charge is 0.0622 e. The molecule has 4 bridgehead atoms. The predicted octanol–water partition coefficient (Wildman–Crippen LogP) is 3.57. The van der Waals surface area contributed by atoms with Crippen LogP contribution in [-0.4, -0.2) is 0 Å². The van der Waals surface area contributed by atoms with E-state index in [1.165, 1.54) is 11.8 Å². The van der Waals surface area contributed by atoms with Crippen molar-refractivity contribution in [1.29, 1.82) is 0 Å². The number of hydrogen-bond donors (Lipinski definition) is 0. The molecule has 0 nitrogen and oxygen atoms in total. The second kappa shape index (κ2) is 2.39. The summed E-state index contributed by atoms with van der Waals surface area (Å²) in [6.07, 6.45) is 6.41. The van der Waals surface area contributed by atoms with Crippen molar-refractivity contribution in [2.45, 2.75) is 39.5 Å². The highest BCUT2D eigenvalue weighted by Crippen LogP contribution is 2.69. The first kappa shape index (κ1) is 8.19. The summed E-state index contributed by atoms with van der Waals surface area (Å²) in [4.78, 5) is 0. The molecule has 8 unspecified atom stereocenters. The van der Waals surface area contributed by atoms with Gasteiger partial charge in [-0.05, 0) is 73.0 Å². The van der Waals surface area contributed by atoms with Crippen LogP contribution in [0.3, 0.4) is 0 Å². The van der Waals surface area contributed by atoms with Gasteiger partial charge in [0.05, 0.1) is 0 Å². The Kier molecular flexibility index (Phi) is 1.40. The van der Waals surface area contributed by atoms with Crippen LogP contribution in [0.2, 0.25) is 0 Å². The fourth-order valence-corrected chi connectivity index (χ4v) is 6.26. The first-order valence-corrected chi connectivity index (χ1v) is 6.75. The van der Waals surface area contributed by atoms with Crippen LogP contribution in [0.15, 0.2) is 0 Å². The first-order chi connectivity index (χ1) is 6.75. The summed E-state index contributed by atoms with van der Waals surface area (Å²) in [6, 6.07) is 0. The highest BCUT2D eigenvalue weighted by Gasteiger charge is 2.62. The third kappa shape index (κ3) is 0.750. The minimum atomic E-state index is 1.08. The molecular formula is C14H22. The van der Waals surface area contributed by atoms with Gasteiger partial charge < -0.3 is 0 Å². The molecule has 0 saturated heterocycles. The predicted molar refractivity (Wildman–Crippen MR) is 57.7 cm³/mol. The van der Waals surface area contributed by atoms with Gasteiger partial charge in [0.1, 0.15) is 0 Å². The van der Waals surface area contributed by atoms with Gasteiger partial charge in [0.2, 0.25) is 0 Å². The maximum Gasteiger partial charge on any atom is -0.0321 e. The number of rotatable bonds is 0. The smallest absolute Gasteiger partial charge is 0.0321 e. The van der Waals surface area contributed by atoms with E-state index in [0.717, 1.165) is 35.5 Å². The van der Waals surface area contributed by atoms with E-state index >= 15 is 0 Å². The highest BCUT2D eigenvalue weighted by atomic mass is 14.7. The quantitative estimate of drug-likeness (QED) is 0.512. The first-order valence-electron chi connectivity index (χ1n) is 6.75. The summed E-state index contributed by atoms with van der Waals surface area (Å²) in [6.45, 7) is 5.05. The van der Waals surface area contributed by atoms with E-state index in [1.807, 2.05) is 0 Å². The molecule has 0 radical (unpaired) electrons. The second-order valence-corrected chi connectivity index (χ2v) is 6.90. The van der Waals surface area contributed by atoms with Gasteiger partial charge in [-0.2, -0.15) is 0 Å². The summed E-state index contributed by atoms with van der Waals surface area (Å²) < 4.78 is 0. The SMILES string of the molecule is CC1CC2CC1C1C3CC(C)C(C3)C21. The zero-order valence-electron chi connectivity index (χ0n) is 9.45. The average molecular weight is 190 g/mol. The Morgan fingerprint density at radius 2 is 1.07 bits per heavy atom. The fourth-order valence-electron chi connectivity index (χ4n) is 6.26. The maximum absolute atomic E-state index is 2.52. The van der Waals surface area contributed by atoms with Gasteiger partial charge in [-0.25, -0.2) is 0 Å². The van der Waals surface area contributed by atoms with Crippen molar-refractivity contribution in [1.82, 2.24) is 0 Å². The summed E-state index contributed by atoms with van der Waals surface area (Å²) in [5.74, 6) is 9.21. The monoisotopic (exact) mass is 190 g/mol. The van der Waals surface area contributed by atoms with Gasteiger partial charge in [0, 0.05) is 0 Å². The van der Waals surface area contributed by atoms with Gasteiger partial charge >= 0.3 is 0 Å². The van der Waals surface area contributed by atoms with Crippen molar-refractivity contribution in [2.24, 2.45) is 47.3 Å². The van der Waals surface area contributed by atoms with E-state index in [0.29, 0.717) is 0 Å². The van der Waals surface area contributed by atoms with Gasteiger partial charge in [0.15, 0.2) is 0 Å². The lowest BCUT2D eigenvalue weighted by molar-refractivity contribution is 0.0853. The number of hydrogen-bond acceptors (Lipinski definition) is 0. The summed E-state index contributed by atoms with van der Waals surface area (Å²) in [5.41, 5.74) is 0. The van der Waals surface area contributed by atoms with E-state index in [9.17, 15) is 0 Å². The topological polar surface area (TPSA) is 0 Å². The molecule has 4 aliphatic carbocycles. The van der Waals surface area contributed by atoms with Crippen LogP contribution in [0.5, 0.6) is 0 Å². The molecule has 4 saturated carbocycles. The molecular weight excluding hydrogens is 168 g/mol. The van der Waals surface area contributed by atoms with Crippen LogP contribution in [-0.2, 0) is 0 Å². The highest BCUT2D eigenvalue weighted by molar-refractivity contribution is 5.11. The van der Waals surface area contributed by atoms with Crippen molar-refractivity contribution in [3.63, 3.8) is 0 Å². The Balaban J connectivity index is 1.72. The molecule has 0 N–H and O–H groups in total. The standard InChI is InChI=1S/C14H22/c1-7-3-9-5-11(7)13-10-4-8(2)12(6-10)14(9)13/h7-14H,3-6H2,1-2H3. The molecule has 78 valence electrons. The molecule has 0 spiro atoms. The second-order valence-electron chi connectivity index (χ2n) is 6.90. The molecule has 0 amide bonds. The van der Waals surface area contributed by atoms with E-state index in [2.05, 4.69) is 13.8 Å². The minimum absolute atomic E-state index is 1.08. The van der Waals surface area contributed by atoms with Crippen LogP contribution in [0.25, 0.3) is 0 Å². The molecule has 0 aromatic rings. The maximum atomic E-state index is 2.52. The molecule has 4 rings (SSSR count). The lowest BCUT2D eigenvalue weighted by atomic mass is 9.65. The van der Waals surface area contributed by atoms with Gasteiger partial charge in [-0.15, -0.1) is 0 Å². The van der Waals surface area contributed by atoms with Gasteiger partial charge in [-0.1, -0.05) is 13.8 Å². The number of fused-ring (bicyclic) bond motifs is 9. The molecule has 0 aliphatic heterocycles. The van der Waals surface area contributed by atoms with Crippen LogP contribution in [0.4, 0.5) is 0 Å². The third-order valence-corrected chi connectivity index (χ3v) is 6.48. The normalized spacial score (nSPS) is 69.0. The zero-order valence-corrected chi connectivity index (χ0v) is 9.45. The van der Waals surface area contributed by atoms with Crippen molar-refractivity contribution < 1.29 is 0 Å². The minimum Gasteiger partial charge on any atom is -0.0622 e. The van der Waals surface area contributed by atoms with Crippen molar-refractivity contribution >= 4 is 0 Å². The van der Waals surface area contributed by atoms with Crippen molar-refractivity contribution in [3.8, 4) is 0 Å². The molecule has 4 fully saturated rings. The van der Waals surface area contributed by atoms with Gasteiger partial charge in [-0.3, -0.25) is 0 Å². The van der Waals surface area contributed by atoms with E-state index in [-0.39, 0.29) is 0 Å². The Bertz CT molecular complexity index is 241. The lowest BCUT2D eigenvalue weighted by Crippen LogP contribution is -2.34. The molecule has 4 aliphatic rings. The van der Waals surface area contributed by atoms with Crippen LogP contribution in [0, 0.1) is 47.3 Å². The fraction of sp³-hybridized carbons (Fsp3) is 1.00. The average Bonchev–Trinajstić information content (AvgIpc) is 2.78. The molecule has 0 aromatic carbocycles. The Morgan fingerprint density at radius 3 is 1.50 bits per heavy atom. The van der Waals surface area contributed by atoms with E-state index in [4.69, 9.17) is 0 Å². The molecule has 8 atom stereocenters. The Morgan fingerprint density at radius 1 is 0.643 bits per heavy atom. The summed E-state index contributed by atoms with van der Waals surface area (Å²) in [5, 5.41) is 0. The lowest BCUT2D eigenvalue weighted by Gasteiger charge is -2.39. The molecule has 0 aromatic heterocycles. The van der Waals surface area contributed by atoms with Crippen LogP contribution in [0.1, 0.15) is 39.5 Å². The summed E-state index contributed by atoms with van der Waals surface area (Å²) >= 11 is 0. The van der Waals surface area contributed by atoms with Crippen LogP contribution < -0.4 is 0 Å². The molecule has 0 heterocycles.